The van der Waals surface area contributed by atoms with Crippen molar-refractivity contribution in [2.75, 3.05) is 5.73 Å². The summed E-state index contributed by atoms with van der Waals surface area (Å²) in [6.45, 7) is 1.77. The molecule has 0 aliphatic carbocycles. The quantitative estimate of drug-likeness (QED) is 0.682. The highest BCUT2D eigenvalue weighted by Gasteiger charge is 2.17. The Kier molecular flexibility index (Phi) is 1.60. The Labute approximate surface area is 88.5 Å². The summed E-state index contributed by atoms with van der Waals surface area (Å²) in [4.78, 5) is 8.26. The molecule has 0 aromatic carbocycles. The van der Waals surface area contributed by atoms with Crippen molar-refractivity contribution < 1.29 is 8.83 Å². The first kappa shape index (κ1) is 8.49. The maximum atomic E-state index is 5.76. The highest BCUT2D eigenvalue weighted by molar-refractivity contribution is 7.07. The topological polar surface area (TPSA) is 78.1 Å². The van der Waals surface area contributed by atoms with Gasteiger partial charge in [0.2, 0.25) is 11.5 Å². The highest BCUT2D eigenvalue weighted by Crippen LogP contribution is 2.31. The minimum Gasteiger partial charge on any atom is -0.438 e. The van der Waals surface area contributed by atoms with Crippen LogP contribution in [0.15, 0.2) is 19.7 Å². The first-order valence-electron chi connectivity index (χ1n) is 4.29. The SMILES string of the molecule is Cc1oc2nc(-c3cscn3)oc2c1N. The molecule has 3 rings (SSSR count). The van der Waals surface area contributed by atoms with Crippen LogP contribution in [0.3, 0.4) is 0 Å². The molecule has 0 saturated heterocycles. The van der Waals surface area contributed by atoms with Crippen molar-refractivity contribution in [2.45, 2.75) is 6.92 Å². The minimum absolute atomic E-state index is 0.424. The molecule has 6 heteroatoms. The van der Waals surface area contributed by atoms with Crippen LogP contribution in [-0.4, -0.2) is 9.97 Å². The van der Waals surface area contributed by atoms with Gasteiger partial charge in [0.05, 0.1) is 5.51 Å². The zero-order chi connectivity index (χ0) is 10.4. The number of anilines is 1. The summed E-state index contributed by atoms with van der Waals surface area (Å²) in [5.74, 6) is 1.07. The molecule has 0 aliphatic heterocycles. The van der Waals surface area contributed by atoms with Crippen LogP contribution < -0.4 is 5.73 Å². The fourth-order valence-corrected chi connectivity index (χ4v) is 1.86. The number of hydrogen-bond acceptors (Lipinski definition) is 6. The lowest BCUT2D eigenvalue weighted by Gasteiger charge is -1.87. The Bertz CT molecular complexity index is 609. The maximum absolute atomic E-state index is 5.76. The van der Waals surface area contributed by atoms with Gasteiger partial charge in [-0.3, -0.25) is 0 Å². The molecule has 0 radical (unpaired) electrons. The van der Waals surface area contributed by atoms with Crippen LogP contribution in [0.25, 0.3) is 22.9 Å². The molecule has 5 nitrogen and oxygen atoms in total. The number of thiazole rings is 1. The van der Waals surface area contributed by atoms with Crippen molar-refractivity contribution in [1.29, 1.82) is 0 Å². The summed E-state index contributed by atoms with van der Waals surface area (Å²) in [6, 6.07) is 0. The van der Waals surface area contributed by atoms with Gasteiger partial charge in [0.15, 0.2) is 0 Å². The van der Waals surface area contributed by atoms with E-state index >= 15 is 0 Å². The summed E-state index contributed by atoms with van der Waals surface area (Å²) < 4.78 is 10.8. The van der Waals surface area contributed by atoms with E-state index in [0.717, 1.165) is 0 Å². The third-order valence-electron chi connectivity index (χ3n) is 2.12. The largest absolute Gasteiger partial charge is 0.438 e. The summed E-state index contributed by atoms with van der Waals surface area (Å²) in [7, 11) is 0. The number of aromatic nitrogens is 2. The van der Waals surface area contributed by atoms with Crippen LogP contribution in [0.2, 0.25) is 0 Å². The number of nitrogen functional groups attached to an aromatic ring is 1. The fourth-order valence-electron chi connectivity index (χ4n) is 1.33. The second-order valence-corrected chi connectivity index (χ2v) is 3.82. The molecule has 15 heavy (non-hydrogen) atoms. The van der Waals surface area contributed by atoms with Crippen molar-refractivity contribution >= 4 is 28.3 Å². The van der Waals surface area contributed by atoms with Crippen molar-refractivity contribution in [2.24, 2.45) is 0 Å². The summed E-state index contributed by atoms with van der Waals surface area (Å²) in [5.41, 5.74) is 9.59. The molecule has 0 atom stereocenters. The second-order valence-electron chi connectivity index (χ2n) is 3.10. The molecule has 0 saturated carbocycles. The number of oxazole rings is 1. The van der Waals surface area contributed by atoms with E-state index in [4.69, 9.17) is 14.6 Å². The molecule has 0 spiro atoms. The summed E-state index contributed by atoms with van der Waals surface area (Å²) in [5, 5.41) is 1.85. The monoisotopic (exact) mass is 221 g/mol. The van der Waals surface area contributed by atoms with Gasteiger partial charge < -0.3 is 14.6 Å². The normalized spacial score (nSPS) is 11.3. The molecule has 0 amide bonds. The van der Waals surface area contributed by atoms with Crippen LogP contribution in [-0.2, 0) is 0 Å². The number of nitrogens with zero attached hydrogens (tertiary/aromatic N) is 2. The molecule has 76 valence electrons. The van der Waals surface area contributed by atoms with Gasteiger partial charge in [0.1, 0.15) is 17.1 Å². The Hall–Kier alpha value is -1.82. The van der Waals surface area contributed by atoms with E-state index < -0.39 is 0 Å². The molecule has 3 aromatic rings. The van der Waals surface area contributed by atoms with E-state index in [1.165, 1.54) is 11.3 Å². The molecule has 3 aromatic heterocycles. The fraction of sp³-hybridized carbons (Fsp3) is 0.111. The first-order valence-corrected chi connectivity index (χ1v) is 5.24. The van der Waals surface area contributed by atoms with Gasteiger partial charge in [-0.2, -0.15) is 4.98 Å². The van der Waals surface area contributed by atoms with Gasteiger partial charge >= 0.3 is 0 Å². The van der Waals surface area contributed by atoms with Gasteiger partial charge in [-0.25, -0.2) is 4.98 Å². The standard InChI is InChI=1S/C9H7N3O2S/c1-4-6(10)7-9(13-4)12-8(14-7)5-2-15-3-11-5/h2-3H,10H2,1H3. The molecule has 3 heterocycles. The predicted octanol–water partition coefficient (Wildman–Crippen LogP) is 2.43. The molecular formula is C9H7N3O2S. The highest BCUT2D eigenvalue weighted by atomic mass is 32.1. The molecule has 0 aliphatic rings. The number of aryl methyl sites for hydroxylation is 1. The molecular weight excluding hydrogens is 214 g/mol. The van der Waals surface area contributed by atoms with Crippen LogP contribution in [0.1, 0.15) is 5.76 Å². The van der Waals surface area contributed by atoms with E-state index in [0.29, 0.717) is 34.3 Å². The number of hydrogen-bond donors (Lipinski definition) is 1. The van der Waals surface area contributed by atoms with Crippen LogP contribution in [0.4, 0.5) is 5.69 Å². The predicted molar refractivity (Wildman–Crippen MR) is 56.5 cm³/mol. The smallest absolute Gasteiger partial charge is 0.268 e. The second kappa shape index (κ2) is 2.83. The van der Waals surface area contributed by atoms with Gasteiger partial charge in [-0.15, -0.1) is 11.3 Å². The Balaban J connectivity index is 2.24. The summed E-state index contributed by atoms with van der Waals surface area (Å²) in [6.07, 6.45) is 0. The molecule has 0 unspecified atom stereocenters. The van der Waals surface area contributed by atoms with Gasteiger partial charge in [-0.05, 0) is 6.92 Å². The van der Waals surface area contributed by atoms with E-state index in [9.17, 15) is 0 Å². The lowest BCUT2D eigenvalue weighted by atomic mass is 10.4. The van der Waals surface area contributed by atoms with Crippen molar-refractivity contribution in [3.63, 3.8) is 0 Å². The Morgan fingerprint density at radius 2 is 2.27 bits per heavy atom. The van der Waals surface area contributed by atoms with E-state index in [2.05, 4.69) is 9.97 Å². The van der Waals surface area contributed by atoms with Crippen LogP contribution in [0, 0.1) is 6.92 Å². The zero-order valence-electron chi connectivity index (χ0n) is 7.85. The number of furan rings is 1. The van der Waals surface area contributed by atoms with Gasteiger partial charge in [-0.1, -0.05) is 0 Å². The molecule has 2 N–H and O–H groups in total. The van der Waals surface area contributed by atoms with Gasteiger partial charge in [0.25, 0.3) is 5.71 Å². The lowest BCUT2D eigenvalue weighted by molar-refractivity contribution is 0.570. The third kappa shape index (κ3) is 1.15. The van der Waals surface area contributed by atoms with Gasteiger partial charge in [0, 0.05) is 5.38 Å². The van der Waals surface area contributed by atoms with Crippen molar-refractivity contribution in [1.82, 2.24) is 9.97 Å². The van der Waals surface area contributed by atoms with E-state index in [1.54, 1.807) is 12.4 Å². The number of rotatable bonds is 1. The number of nitrogens with two attached hydrogens (primary N) is 1. The van der Waals surface area contributed by atoms with E-state index in [1.807, 2.05) is 5.38 Å². The molecule has 0 fully saturated rings. The maximum Gasteiger partial charge on any atom is 0.268 e. The lowest BCUT2D eigenvalue weighted by Crippen LogP contribution is -1.83. The first-order chi connectivity index (χ1) is 7.25. The molecule has 0 bridgehead atoms. The Morgan fingerprint density at radius 1 is 1.40 bits per heavy atom. The number of fused-ring (bicyclic) bond motifs is 1. The van der Waals surface area contributed by atoms with Crippen molar-refractivity contribution in [3.8, 4) is 11.6 Å². The third-order valence-corrected chi connectivity index (χ3v) is 2.71. The van der Waals surface area contributed by atoms with E-state index in [-0.39, 0.29) is 0 Å². The van der Waals surface area contributed by atoms with Crippen LogP contribution >= 0.6 is 11.3 Å². The average Bonchev–Trinajstić information content (AvgIpc) is 2.86. The Morgan fingerprint density at radius 3 is 2.93 bits per heavy atom. The summed E-state index contributed by atoms with van der Waals surface area (Å²) >= 11 is 1.48. The van der Waals surface area contributed by atoms with Crippen molar-refractivity contribution in [3.05, 3.63) is 16.7 Å². The average molecular weight is 221 g/mol. The zero-order valence-corrected chi connectivity index (χ0v) is 8.67. The van der Waals surface area contributed by atoms with Crippen LogP contribution in [0.5, 0.6) is 0 Å². The minimum atomic E-state index is 0.424.